The van der Waals surface area contributed by atoms with Crippen LogP contribution in [0.5, 0.6) is 0 Å². The lowest BCUT2D eigenvalue weighted by molar-refractivity contribution is 0.102. The number of nitrogens with two attached hydrogens (primary N) is 1. The number of carbonyl (C=O) groups is 1. The third kappa shape index (κ3) is 2.69. The quantitative estimate of drug-likeness (QED) is 0.701. The molecule has 3 aromatic rings. The number of fused-ring (bicyclic) bond motifs is 1. The van der Waals surface area contributed by atoms with Crippen LogP contribution in [0, 0.1) is 5.82 Å². The molecule has 3 nitrogen and oxygen atoms in total. The van der Waals surface area contributed by atoms with Gasteiger partial charge in [-0.3, -0.25) is 4.79 Å². The highest BCUT2D eigenvalue weighted by Crippen LogP contribution is 2.19. The van der Waals surface area contributed by atoms with Gasteiger partial charge in [-0.05, 0) is 41.1 Å². The number of anilines is 2. The maximum atomic E-state index is 13.1. The highest BCUT2D eigenvalue weighted by molar-refractivity contribution is 6.06. The molecule has 0 fully saturated rings. The smallest absolute Gasteiger partial charge is 0.255 e. The van der Waals surface area contributed by atoms with Gasteiger partial charge in [0.25, 0.3) is 5.91 Å². The van der Waals surface area contributed by atoms with Crippen molar-refractivity contribution in [2.45, 2.75) is 0 Å². The van der Waals surface area contributed by atoms with Crippen molar-refractivity contribution in [2.24, 2.45) is 0 Å². The topological polar surface area (TPSA) is 55.1 Å². The molecule has 0 aliphatic rings. The van der Waals surface area contributed by atoms with Gasteiger partial charge < -0.3 is 11.1 Å². The van der Waals surface area contributed by atoms with Gasteiger partial charge >= 0.3 is 0 Å². The second-order valence-electron chi connectivity index (χ2n) is 4.75. The molecule has 3 N–H and O–H groups in total. The van der Waals surface area contributed by atoms with E-state index in [1.165, 1.54) is 18.2 Å². The van der Waals surface area contributed by atoms with Crippen molar-refractivity contribution in [1.29, 1.82) is 0 Å². The molecule has 0 unspecified atom stereocenters. The second-order valence-corrected chi connectivity index (χ2v) is 4.75. The molecule has 0 bridgehead atoms. The van der Waals surface area contributed by atoms with Crippen LogP contribution in [0.1, 0.15) is 10.4 Å². The van der Waals surface area contributed by atoms with Crippen molar-refractivity contribution < 1.29 is 9.18 Å². The van der Waals surface area contributed by atoms with Crippen LogP contribution >= 0.6 is 0 Å². The maximum absolute atomic E-state index is 13.1. The second kappa shape index (κ2) is 5.25. The lowest BCUT2D eigenvalue weighted by atomic mass is 10.1. The molecule has 3 aromatic carbocycles. The van der Waals surface area contributed by atoms with Gasteiger partial charge in [-0.15, -0.1) is 0 Å². The third-order valence-electron chi connectivity index (χ3n) is 3.27. The van der Waals surface area contributed by atoms with Crippen molar-refractivity contribution in [3.05, 3.63) is 72.0 Å². The minimum atomic E-state index is -0.501. The average molecular weight is 280 g/mol. The van der Waals surface area contributed by atoms with Crippen LogP contribution in [0.25, 0.3) is 10.8 Å². The summed E-state index contributed by atoms with van der Waals surface area (Å²) in [5.41, 5.74) is 6.49. The van der Waals surface area contributed by atoms with Gasteiger partial charge in [-0.1, -0.05) is 30.3 Å². The Morgan fingerprint density at radius 1 is 0.952 bits per heavy atom. The van der Waals surface area contributed by atoms with Crippen molar-refractivity contribution >= 4 is 28.1 Å². The van der Waals surface area contributed by atoms with E-state index in [1.807, 2.05) is 36.4 Å². The summed E-state index contributed by atoms with van der Waals surface area (Å²) in [5, 5.41) is 4.76. The molecule has 0 spiro atoms. The van der Waals surface area contributed by atoms with Crippen LogP contribution in [-0.4, -0.2) is 5.91 Å². The van der Waals surface area contributed by atoms with Crippen LogP contribution in [0.15, 0.2) is 60.7 Å². The summed E-state index contributed by atoms with van der Waals surface area (Å²) in [6.07, 6.45) is 0. The molecule has 0 atom stereocenters. The number of carbonyl (C=O) groups excluding carboxylic acids is 1. The van der Waals surface area contributed by atoms with Crippen molar-refractivity contribution in [1.82, 2.24) is 0 Å². The van der Waals surface area contributed by atoms with E-state index in [0.717, 1.165) is 10.8 Å². The molecule has 0 radical (unpaired) electrons. The van der Waals surface area contributed by atoms with E-state index in [2.05, 4.69) is 5.32 Å². The first-order valence-electron chi connectivity index (χ1n) is 6.49. The fourth-order valence-electron chi connectivity index (χ4n) is 2.16. The number of halogens is 1. The summed E-state index contributed by atoms with van der Waals surface area (Å²) in [6.45, 7) is 0. The van der Waals surface area contributed by atoms with E-state index in [9.17, 15) is 9.18 Å². The lowest BCUT2D eigenvalue weighted by Gasteiger charge is -2.07. The molecule has 0 saturated carbocycles. The first-order chi connectivity index (χ1) is 10.1. The van der Waals surface area contributed by atoms with Gasteiger partial charge in [0.1, 0.15) is 5.82 Å². The molecular formula is C17H13FN2O. The van der Waals surface area contributed by atoms with Crippen LogP contribution in [0.2, 0.25) is 0 Å². The number of nitrogen functional groups attached to an aromatic ring is 1. The highest BCUT2D eigenvalue weighted by Gasteiger charge is 2.08. The van der Waals surface area contributed by atoms with E-state index in [1.54, 1.807) is 6.07 Å². The van der Waals surface area contributed by atoms with Crippen molar-refractivity contribution in [3.8, 4) is 0 Å². The number of hydrogen-bond acceptors (Lipinski definition) is 2. The van der Waals surface area contributed by atoms with E-state index < -0.39 is 5.82 Å². The van der Waals surface area contributed by atoms with Gasteiger partial charge in [0.2, 0.25) is 0 Å². The number of rotatable bonds is 2. The number of benzene rings is 3. The Morgan fingerprint density at radius 2 is 1.71 bits per heavy atom. The molecule has 0 aliphatic carbocycles. The molecule has 4 heteroatoms. The van der Waals surface area contributed by atoms with Gasteiger partial charge in [0, 0.05) is 11.3 Å². The van der Waals surface area contributed by atoms with E-state index in [4.69, 9.17) is 5.73 Å². The SMILES string of the molecule is Nc1cc(NC(=O)c2ccc3ccccc3c2)ccc1F. The summed E-state index contributed by atoms with van der Waals surface area (Å²) in [6, 6.07) is 17.4. The molecular weight excluding hydrogens is 267 g/mol. The molecule has 1 amide bonds. The zero-order chi connectivity index (χ0) is 14.8. The number of amides is 1. The Balaban J connectivity index is 1.87. The largest absolute Gasteiger partial charge is 0.396 e. The average Bonchev–Trinajstić information content (AvgIpc) is 2.50. The first kappa shape index (κ1) is 13.1. The number of hydrogen-bond donors (Lipinski definition) is 2. The van der Waals surface area contributed by atoms with Gasteiger partial charge in [0.05, 0.1) is 5.69 Å². The molecule has 3 rings (SSSR count). The van der Waals surface area contributed by atoms with Gasteiger partial charge in [0.15, 0.2) is 0 Å². The fourth-order valence-corrected chi connectivity index (χ4v) is 2.16. The summed E-state index contributed by atoms with van der Waals surface area (Å²) in [7, 11) is 0. The van der Waals surface area contributed by atoms with Crippen LogP contribution in [-0.2, 0) is 0 Å². The summed E-state index contributed by atoms with van der Waals surface area (Å²) in [5.74, 6) is -0.759. The molecule has 104 valence electrons. The molecule has 0 aromatic heterocycles. The third-order valence-corrected chi connectivity index (χ3v) is 3.27. The normalized spacial score (nSPS) is 10.5. The minimum Gasteiger partial charge on any atom is -0.396 e. The molecule has 21 heavy (non-hydrogen) atoms. The Labute approximate surface area is 121 Å². The van der Waals surface area contributed by atoms with Crippen molar-refractivity contribution in [2.75, 3.05) is 11.1 Å². The van der Waals surface area contributed by atoms with Crippen LogP contribution < -0.4 is 11.1 Å². The maximum Gasteiger partial charge on any atom is 0.255 e. The summed E-state index contributed by atoms with van der Waals surface area (Å²) in [4.78, 5) is 12.2. The zero-order valence-corrected chi connectivity index (χ0v) is 11.1. The van der Waals surface area contributed by atoms with E-state index in [-0.39, 0.29) is 11.6 Å². The van der Waals surface area contributed by atoms with Crippen molar-refractivity contribution in [3.63, 3.8) is 0 Å². The molecule has 0 saturated heterocycles. The Morgan fingerprint density at radius 3 is 2.48 bits per heavy atom. The Kier molecular flexibility index (Phi) is 3.28. The zero-order valence-electron chi connectivity index (χ0n) is 11.1. The Bertz CT molecular complexity index is 830. The van der Waals surface area contributed by atoms with Gasteiger partial charge in [-0.2, -0.15) is 0 Å². The highest BCUT2D eigenvalue weighted by atomic mass is 19.1. The molecule has 0 heterocycles. The van der Waals surface area contributed by atoms with E-state index >= 15 is 0 Å². The molecule has 0 aliphatic heterocycles. The van der Waals surface area contributed by atoms with Crippen LogP contribution in [0.3, 0.4) is 0 Å². The predicted molar refractivity (Wildman–Crippen MR) is 82.7 cm³/mol. The van der Waals surface area contributed by atoms with Gasteiger partial charge in [-0.25, -0.2) is 4.39 Å². The summed E-state index contributed by atoms with van der Waals surface area (Å²) >= 11 is 0. The van der Waals surface area contributed by atoms with E-state index in [0.29, 0.717) is 11.3 Å². The standard InChI is InChI=1S/C17H13FN2O/c18-15-8-7-14(10-16(15)19)20-17(21)13-6-5-11-3-1-2-4-12(11)9-13/h1-10H,19H2,(H,20,21). The summed E-state index contributed by atoms with van der Waals surface area (Å²) < 4.78 is 13.1. The first-order valence-corrected chi connectivity index (χ1v) is 6.49. The number of nitrogens with one attached hydrogen (secondary N) is 1. The lowest BCUT2D eigenvalue weighted by Crippen LogP contribution is -2.12. The fraction of sp³-hybridized carbons (Fsp3) is 0. The van der Waals surface area contributed by atoms with Crippen LogP contribution in [0.4, 0.5) is 15.8 Å². The Hall–Kier alpha value is -2.88. The predicted octanol–water partition coefficient (Wildman–Crippen LogP) is 3.81. The monoisotopic (exact) mass is 280 g/mol. The minimum absolute atomic E-state index is 0.00584.